The second-order valence-electron chi connectivity index (χ2n) is 5.41. The first-order chi connectivity index (χ1) is 7.20. The van der Waals surface area contributed by atoms with Gasteiger partial charge in [0.05, 0.1) is 0 Å². The molecule has 0 aromatic heterocycles. The van der Waals surface area contributed by atoms with Crippen LogP contribution in [0.2, 0.25) is 19.6 Å². The van der Waals surface area contributed by atoms with Crippen LogP contribution < -0.4 is 0 Å². The van der Waals surface area contributed by atoms with Gasteiger partial charge in [0.2, 0.25) is 8.32 Å². The summed E-state index contributed by atoms with van der Waals surface area (Å²) in [6.45, 7) is 17.0. The predicted octanol–water partition coefficient (Wildman–Crippen LogP) is 4.43. The van der Waals surface area contributed by atoms with E-state index in [0.29, 0.717) is 0 Å². The Kier molecular flexibility index (Phi) is 3.63. The molecule has 0 aliphatic heterocycles. The molecule has 0 N–H and O–H groups in total. The van der Waals surface area contributed by atoms with E-state index in [2.05, 4.69) is 59.1 Å². The highest BCUT2D eigenvalue weighted by Crippen LogP contribution is 2.26. The molecule has 1 aromatic carbocycles. The van der Waals surface area contributed by atoms with Gasteiger partial charge in [0, 0.05) is 5.56 Å². The van der Waals surface area contributed by atoms with Gasteiger partial charge in [-0.2, -0.15) is 0 Å². The Morgan fingerprint density at radius 1 is 1.06 bits per heavy atom. The van der Waals surface area contributed by atoms with Crippen LogP contribution in [0.1, 0.15) is 22.3 Å². The van der Waals surface area contributed by atoms with Crippen molar-refractivity contribution in [2.45, 2.75) is 40.4 Å². The molecule has 0 amide bonds. The quantitative estimate of drug-likeness (QED) is 0.555. The van der Waals surface area contributed by atoms with E-state index in [1.807, 2.05) is 0 Å². The third-order valence-corrected chi connectivity index (χ3v) is 3.24. The predicted molar refractivity (Wildman–Crippen MR) is 74.1 cm³/mol. The minimum absolute atomic E-state index is 0.828. The lowest BCUT2D eigenvalue weighted by Gasteiger charge is -2.23. The Morgan fingerprint density at radius 3 is 1.88 bits per heavy atom. The number of aryl methyl sites for hydroxylation is 3. The highest BCUT2D eigenvalue weighted by molar-refractivity contribution is 6.70. The Balaban J connectivity index is 3.10. The van der Waals surface area contributed by atoms with Crippen molar-refractivity contribution in [2.24, 2.45) is 0 Å². The van der Waals surface area contributed by atoms with Gasteiger partial charge < -0.3 is 4.43 Å². The molecule has 0 spiro atoms. The molecule has 0 saturated carbocycles. The summed E-state index contributed by atoms with van der Waals surface area (Å²) >= 11 is 0. The third-order valence-electron chi connectivity index (χ3n) is 2.39. The van der Waals surface area contributed by atoms with Gasteiger partial charge in [0.25, 0.3) is 0 Å². The second kappa shape index (κ2) is 4.46. The van der Waals surface area contributed by atoms with Crippen molar-refractivity contribution >= 4 is 14.1 Å². The maximum Gasteiger partial charge on any atom is 0.242 e. The molecule has 0 radical (unpaired) electrons. The smallest absolute Gasteiger partial charge is 0.242 e. The van der Waals surface area contributed by atoms with Gasteiger partial charge in [0.15, 0.2) is 0 Å². The summed E-state index contributed by atoms with van der Waals surface area (Å²) < 4.78 is 5.97. The molecular weight excluding hydrogens is 212 g/mol. The molecule has 88 valence electrons. The fraction of sp³-hybridized carbons (Fsp3) is 0.429. The van der Waals surface area contributed by atoms with E-state index < -0.39 is 8.32 Å². The molecule has 0 heterocycles. The molecule has 0 saturated heterocycles. The zero-order chi connectivity index (χ0) is 12.5. The minimum atomic E-state index is -1.56. The normalized spacial score (nSPS) is 11.4. The Morgan fingerprint density at radius 2 is 1.50 bits per heavy atom. The van der Waals surface area contributed by atoms with E-state index in [9.17, 15) is 0 Å². The van der Waals surface area contributed by atoms with Crippen LogP contribution in [0.3, 0.4) is 0 Å². The molecule has 1 rings (SSSR count). The largest absolute Gasteiger partial charge is 0.544 e. The van der Waals surface area contributed by atoms with Crippen LogP contribution in [0, 0.1) is 20.8 Å². The maximum absolute atomic E-state index is 5.97. The average molecular weight is 234 g/mol. The SMILES string of the molecule is C=C(O[Si](C)(C)C)c1c(C)cc(C)cc1C. The lowest BCUT2D eigenvalue weighted by Crippen LogP contribution is -2.24. The van der Waals surface area contributed by atoms with Crippen molar-refractivity contribution in [3.8, 4) is 0 Å². The lowest BCUT2D eigenvalue weighted by molar-refractivity contribution is 0.515. The van der Waals surface area contributed by atoms with E-state index in [0.717, 1.165) is 5.76 Å². The Hall–Kier alpha value is -1.02. The van der Waals surface area contributed by atoms with Gasteiger partial charge in [-0.3, -0.25) is 0 Å². The summed E-state index contributed by atoms with van der Waals surface area (Å²) in [5.74, 6) is 0.828. The van der Waals surface area contributed by atoms with Gasteiger partial charge in [-0.15, -0.1) is 0 Å². The Labute approximate surface area is 100 Å². The van der Waals surface area contributed by atoms with Crippen LogP contribution in [0.4, 0.5) is 0 Å². The van der Waals surface area contributed by atoms with E-state index in [1.54, 1.807) is 0 Å². The third kappa shape index (κ3) is 3.24. The summed E-state index contributed by atoms with van der Waals surface area (Å²) in [5.41, 5.74) is 4.97. The molecular formula is C14H22OSi. The summed E-state index contributed by atoms with van der Waals surface area (Å²) in [6, 6.07) is 4.36. The van der Waals surface area contributed by atoms with Gasteiger partial charge >= 0.3 is 0 Å². The molecule has 1 nitrogen and oxygen atoms in total. The zero-order valence-electron chi connectivity index (χ0n) is 11.3. The van der Waals surface area contributed by atoms with E-state index in [4.69, 9.17) is 4.43 Å². The van der Waals surface area contributed by atoms with Gasteiger partial charge in [-0.1, -0.05) is 24.3 Å². The second-order valence-corrected chi connectivity index (χ2v) is 9.84. The minimum Gasteiger partial charge on any atom is -0.544 e. The first-order valence-electron chi connectivity index (χ1n) is 5.67. The topological polar surface area (TPSA) is 9.23 Å². The van der Waals surface area contributed by atoms with Crippen LogP contribution in [0.15, 0.2) is 18.7 Å². The highest BCUT2D eigenvalue weighted by Gasteiger charge is 2.19. The van der Waals surface area contributed by atoms with Crippen LogP contribution in [-0.2, 0) is 4.43 Å². The summed E-state index contributed by atoms with van der Waals surface area (Å²) in [5, 5.41) is 0. The molecule has 0 atom stereocenters. The number of hydrogen-bond donors (Lipinski definition) is 0. The fourth-order valence-electron chi connectivity index (χ4n) is 2.04. The van der Waals surface area contributed by atoms with Crippen molar-refractivity contribution in [2.75, 3.05) is 0 Å². The molecule has 2 heteroatoms. The van der Waals surface area contributed by atoms with E-state index in [-0.39, 0.29) is 0 Å². The van der Waals surface area contributed by atoms with Gasteiger partial charge in [-0.25, -0.2) is 0 Å². The number of benzene rings is 1. The first-order valence-corrected chi connectivity index (χ1v) is 9.07. The van der Waals surface area contributed by atoms with Gasteiger partial charge in [0.1, 0.15) is 5.76 Å². The Bertz CT molecular complexity index is 390. The molecule has 0 aliphatic carbocycles. The number of hydrogen-bond acceptors (Lipinski definition) is 1. The molecule has 1 aromatic rings. The van der Waals surface area contributed by atoms with E-state index in [1.165, 1.54) is 22.3 Å². The molecule has 0 fully saturated rings. The molecule has 0 bridgehead atoms. The first kappa shape index (κ1) is 13.0. The average Bonchev–Trinajstić information content (AvgIpc) is 1.96. The monoisotopic (exact) mass is 234 g/mol. The number of rotatable bonds is 3. The molecule has 0 unspecified atom stereocenters. The standard InChI is InChI=1S/C14H22OSi/c1-10-8-11(2)14(12(3)9-10)13(4)15-16(5,6)7/h8-9H,4H2,1-3,5-7H3. The van der Waals surface area contributed by atoms with E-state index >= 15 is 0 Å². The van der Waals surface area contributed by atoms with Gasteiger partial charge in [-0.05, 0) is 51.5 Å². The summed E-state index contributed by atoms with van der Waals surface area (Å²) in [4.78, 5) is 0. The van der Waals surface area contributed by atoms with Crippen molar-refractivity contribution in [1.82, 2.24) is 0 Å². The fourth-order valence-corrected chi connectivity index (χ4v) is 2.88. The van der Waals surface area contributed by atoms with Crippen LogP contribution in [0.25, 0.3) is 5.76 Å². The van der Waals surface area contributed by atoms with Crippen molar-refractivity contribution in [3.05, 3.63) is 41.0 Å². The summed E-state index contributed by atoms with van der Waals surface area (Å²) in [6.07, 6.45) is 0. The summed E-state index contributed by atoms with van der Waals surface area (Å²) in [7, 11) is -1.56. The lowest BCUT2D eigenvalue weighted by atomic mass is 9.99. The molecule has 0 aliphatic rings. The van der Waals surface area contributed by atoms with Crippen molar-refractivity contribution in [3.63, 3.8) is 0 Å². The highest BCUT2D eigenvalue weighted by atomic mass is 28.4. The van der Waals surface area contributed by atoms with Crippen molar-refractivity contribution < 1.29 is 4.43 Å². The zero-order valence-corrected chi connectivity index (χ0v) is 12.3. The maximum atomic E-state index is 5.97. The molecule has 16 heavy (non-hydrogen) atoms. The van der Waals surface area contributed by atoms with Crippen LogP contribution >= 0.6 is 0 Å². The van der Waals surface area contributed by atoms with Crippen molar-refractivity contribution in [1.29, 1.82) is 0 Å². The van der Waals surface area contributed by atoms with Crippen LogP contribution in [-0.4, -0.2) is 8.32 Å². The van der Waals surface area contributed by atoms with Crippen LogP contribution in [0.5, 0.6) is 0 Å².